The summed E-state index contributed by atoms with van der Waals surface area (Å²) in [5, 5.41) is 0. The average Bonchev–Trinajstić information content (AvgIpc) is 2.47. The monoisotopic (exact) mass is 412 g/mol. The Morgan fingerprint density at radius 1 is 0.769 bits per heavy atom. The maximum Gasteiger partial charge on any atom is 0.411 e. The maximum atomic E-state index is 11.7. The molecule has 0 bridgehead atoms. The Morgan fingerprint density at radius 2 is 1.00 bits per heavy atom. The number of alkyl halides is 10. The van der Waals surface area contributed by atoms with Crippen LogP contribution < -0.4 is 0 Å². The molecule has 0 radical (unpaired) electrons. The zero-order valence-electron chi connectivity index (χ0n) is 15.3. The number of hydrogen-bond acceptors (Lipinski definition) is 1. The van der Waals surface area contributed by atoms with E-state index in [-0.39, 0.29) is 6.67 Å². The van der Waals surface area contributed by atoms with Gasteiger partial charge in [0.05, 0.1) is 6.67 Å². The molecule has 1 fully saturated rings. The Labute approximate surface area is 147 Å². The second kappa shape index (κ2) is 12.6. The molecule has 0 unspecified atom stereocenters. The van der Waals surface area contributed by atoms with Gasteiger partial charge in [-0.2, -0.15) is 39.5 Å². The molecule has 0 atom stereocenters. The smallest absolute Gasteiger partial charge is 0.381 e. The highest BCUT2D eigenvalue weighted by molar-refractivity contribution is 4.95. The van der Waals surface area contributed by atoms with E-state index in [4.69, 9.17) is 4.74 Å². The number of rotatable bonds is 0. The van der Waals surface area contributed by atoms with Crippen molar-refractivity contribution in [3.05, 3.63) is 0 Å². The number of hydrogen-bond donors (Lipinski definition) is 0. The third kappa shape index (κ3) is 9.82. The summed E-state index contributed by atoms with van der Waals surface area (Å²) in [5.74, 6) is 0.911. The van der Waals surface area contributed by atoms with E-state index in [2.05, 4.69) is 6.92 Å². The highest BCUT2D eigenvalue weighted by Crippen LogP contribution is 2.58. The van der Waals surface area contributed by atoms with Crippen molar-refractivity contribution >= 4 is 0 Å². The molecule has 26 heavy (non-hydrogen) atoms. The third-order valence-electron chi connectivity index (χ3n) is 3.21. The van der Waals surface area contributed by atoms with Gasteiger partial charge in [0.1, 0.15) is 0 Å². The summed E-state index contributed by atoms with van der Waals surface area (Å²) in [5.41, 5.74) is -5.69. The highest BCUT2D eigenvalue weighted by Gasteiger charge is 2.80. The summed E-state index contributed by atoms with van der Waals surface area (Å²) in [6.07, 6.45) is -16.8. The summed E-state index contributed by atoms with van der Waals surface area (Å²) >= 11 is 0. The minimum atomic E-state index is -6.43. The van der Waals surface area contributed by atoms with Crippen LogP contribution in [0.15, 0.2) is 0 Å². The molecular weight excluding hydrogens is 386 g/mol. The molecule has 1 rings (SSSR count). The zero-order chi connectivity index (χ0) is 21.8. The molecule has 0 aromatic heterocycles. The van der Waals surface area contributed by atoms with Gasteiger partial charge in [-0.05, 0) is 32.6 Å². The van der Waals surface area contributed by atoms with Crippen molar-refractivity contribution in [3.63, 3.8) is 0 Å². The van der Waals surface area contributed by atoms with Crippen LogP contribution in [0.3, 0.4) is 0 Å². The Hall–Kier alpha value is -0.740. The zero-order valence-corrected chi connectivity index (χ0v) is 15.3. The van der Waals surface area contributed by atoms with Crippen LogP contribution >= 0.6 is 0 Å². The fourth-order valence-electron chi connectivity index (χ4n) is 1.30. The fourth-order valence-corrected chi connectivity index (χ4v) is 1.30. The molecular formula is C15H26F10O. The lowest BCUT2D eigenvalue weighted by molar-refractivity contribution is -0.420. The topological polar surface area (TPSA) is 9.23 Å². The molecule has 0 aliphatic carbocycles. The molecule has 1 heterocycles. The van der Waals surface area contributed by atoms with Gasteiger partial charge >= 0.3 is 18.5 Å². The molecule has 0 saturated carbocycles. The Kier molecular flexibility index (Phi) is 14.6. The van der Waals surface area contributed by atoms with Gasteiger partial charge in [-0.1, -0.05) is 20.8 Å². The van der Waals surface area contributed by atoms with Crippen molar-refractivity contribution in [1.82, 2.24) is 0 Å². The lowest BCUT2D eigenvalue weighted by Crippen LogP contribution is -2.57. The van der Waals surface area contributed by atoms with Crippen LogP contribution in [-0.2, 0) is 4.74 Å². The van der Waals surface area contributed by atoms with Crippen LogP contribution in [0.1, 0.15) is 47.5 Å². The molecule has 1 aliphatic rings. The van der Waals surface area contributed by atoms with E-state index in [9.17, 15) is 43.9 Å². The number of ether oxygens (including phenoxy) is 1. The van der Waals surface area contributed by atoms with E-state index in [0.717, 1.165) is 19.1 Å². The van der Waals surface area contributed by atoms with Crippen molar-refractivity contribution < 1.29 is 48.6 Å². The van der Waals surface area contributed by atoms with E-state index in [1.54, 1.807) is 0 Å². The SMILES string of the molecule is CC.CC(C(F)(F)F)(C(F)(F)F)C(F)(F)F.CC1CCOCC1.CCF. The summed E-state index contributed by atoms with van der Waals surface area (Å²) < 4.78 is 120. The largest absolute Gasteiger partial charge is 0.411 e. The van der Waals surface area contributed by atoms with E-state index >= 15 is 0 Å². The van der Waals surface area contributed by atoms with Crippen LogP contribution in [0, 0.1) is 11.3 Å². The molecule has 0 aromatic rings. The standard InChI is InChI=1S/C6H12O.C5H3F9.C2H5F.C2H6/c1-6-2-4-7-5-3-6;1-2(3(6,7)8,4(9,10)11)5(12,13)14;1-2-3;1-2/h6H,2-5H2,1H3;1H3;2H2,1H3;1-2H3. The van der Waals surface area contributed by atoms with E-state index in [1.165, 1.54) is 19.8 Å². The van der Waals surface area contributed by atoms with Crippen LogP contribution in [0.5, 0.6) is 0 Å². The minimum absolute atomic E-state index is 0.250. The van der Waals surface area contributed by atoms with Crippen LogP contribution in [0.4, 0.5) is 43.9 Å². The van der Waals surface area contributed by atoms with Crippen LogP contribution in [0.25, 0.3) is 0 Å². The van der Waals surface area contributed by atoms with Gasteiger partial charge in [-0.3, -0.25) is 4.39 Å². The second-order valence-electron chi connectivity index (χ2n) is 5.18. The number of halogens is 10. The average molecular weight is 412 g/mol. The Morgan fingerprint density at radius 3 is 1.08 bits per heavy atom. The van der Waals surface area contributed by atoms with Gasteiger partial charge in [0.25, 0.3) is 5.41 Å². The fraction of sp³-hybridized carbons (Fsp3) is 1.00. The Balaban J connectivity index is -0.000000363. The van der Waals surface area contributed by atoms with Crippen molar-refractivity contribution in [2.24, 2.45) is 11.3 Å². The van der Waals surface area contributed by atoms with Crippen LogP contribution in [-0.4, -0.2) is 38.4 Å². The second-order valence-corrected chi connectivity index (χ2v) is 5.18. The van der Waals surface area contributed by atoms with Crippen molar-refractivity contribution in [2.45, 2.75) is 66.0 Å². The van der Waals surface area contributed by atoms with Gasteiger partial charge in [0.15, 0.2) is 0 Å². The molecule has 0 spiro atoms. The van der Waals surface area contributed by atoms with Crippen molar-refractivity contribution in [3.8, 4) is 0 Å². The Bertz CT molecular complexity index is 291. The quantitative estimate of drug-likeness (QED) is 0.385. The predicted octanol–water partition coefficient (Wildman–Crippen LogP) is 7.11. The lowest BCUT2D eigenvalue weighted by atomic mass is 9.88. The highest BCUT2D eigenvalue weighted by atomic mass is 19.4. The predicted molar refractivity (Wildman–Crippen MR) is 78.5 cm³/mol. The first-order valence-electron chi connectivity index (χ1n) is 7.90. The molecule has 11 heteroatoms. The van der Waals surface area contributed by atoms with Crippen molar-refractivity contribution in [1.29, 1.82) is 0 Å². The summed E-state index contributed by atoms with van der Waals surface area (Å²) in [7, 11) is 0. The third-order valence-corrected chi connectivity index (χ3v) is 3.21. The van der Waals surface area contributed by atoms with E-state index < -0.39 is 30.9 Å². The molecule has 0 N–H and O–H groups in total. The molecule has 1 aliphatic heterocycles. The summed E-state index contributed by atoms with van der Waals surface area (Å²) in [4.78, 5) is 0. The first-order valence-corrected chi connectivity index (χ1v) is 7.90. The van der Waals surface area contributed by atoms with Gasteiger partial charge in [0.2, 0.25) is 0 Å². The molecule has 0 aromatic carbocycles. The van der Waals surface area contributed by atoms with E-state index in [0.29, 0.717) is 0 Å². The minimum Gasteiger partial charge on any atom is -0.381 e. The van der Waals surface area contributed by atoms with Crippen LogP contribution in [0.2, 0.25) is 0 Å². The lowest BCUT2D eigenvalue weighted by Gasteiger charge is -2.35. The molecule has 1 nitrogen and oxygen atoms in total. The summed E-state index contributed by atoms with van der Waals surface area (Å²) in [6, 6.07) is 0. The summed E-state index contributed by atoms with van der Waals surface area (Å²) in [6.45, 7) is 8.53. The van der Waals surface area contributed by atoms with Gasteiger partial charge in [-0.15, -0.1) is 0 Å². The van der Waals surface area contributed by atoms with Gasteiger partial charge in [-0.25, -0.2) is 0 Å². The molecule has 1 saturated heterocycles. The van der Waals surface area contributed by atoms with Gasteiger partial charge in [0, 0.05) is 13.2 Å². The maximum absolute atomic E-state index is 11.7. The van der Waals surface area contributed by atoms with E-state index in [1.807, 2.05) is 13.8 Å². The first kappa shape index (κ1) is 30.0. The first-order chi connectivity index (χ1) is 11.6. The van der Waals surface area contributed by atoms with Crippen molar-refractivity contribution in [2.75, 3.05) is 19.9 Å². The molecule has 162 valence electrons. The van der Waals surface area contributed by atoms with Gasteiger partial charge < -0.3 is 4.74 Å². The molecule has 0 amide bonds. The normalized spacial score (nSPS) is 16.3.